The molecule has 0 aliphatic rings. The number of anilines is 1. The van der Waals surface area contributed by atoms with Crippen molar-refractivity contribution in [3.63, 3.8) is 0 Å². The molecule has 0 saturated carbocycles. The van der Waals surface area contributed by atoms with Crippen LogP contribution in [-0.2, 0) is 16.0 Å². The summed E-state index contributed by atoms with van der Waals surface area (Å²) in [7, 11) is 0. The van der Waals surface area contributed by atoms with E-state index in [2.05, 4.69) is 10.3 Å². The predicted octanol–water partition coefficient (Wildman–Crippen LogP) is 3.19. The maximum atomic E-state index is 12.1. The van der Waals surface area contributed by atoms with Gasteiger partial charge in [0.2, 0.25) is 5.91 Å². The maximum Gasteiger partial charge on any atom is 0.338 e. The first-order valence-corrected chi connectivity index (χ1v) is 7.55. The van der Waals surface area contributed by atoms with Gasteiger partial charge in [0.25, 0.3) is 0 Å². The molecule has 0 aliphatic carbocycles. The SMILES string of the molecule is CCOC(=O)c1ccc(NC(=O)Cc2ccc3ncoc3c2)cc1. The van der Waals surface area contributed by atoms with Crippen LogP contribution < -0.4 is 5.32 Å². The van der Waals surface area contributed by atoms with E-state index in [9.17, 15) is 9.59 Å². The van der Waals surface area contributed by atoms with Crippen molar-refractivity contribution in [1.82, 2.24) is 4.98 Å². The Morgan fingerprint density at radius 1 is 1.17 bits per heavy atom. The average Bonchev–Trinajstić information content (AvgIpc) is 3.03. The molecule has 24 heavy (non-hydrogen) atoms. The van der Waals surface area contributed by atoms with E-state index >= 15 is 0 Å². The highest BCUT2D eigenvalue weighted by Crippen LogP contribution is 2.16. The third-order valence-electron chi connectivity index (χ3n) is 3.44. The maximum absolute atomic E-state index is 12.1. The lowest BCUT2D eigenvalue weighted by atomic mass is 10.1. The number of oxazole rings is 1. The van der Waals surface area contributed by atoms with Gasteiger partial charge in [-0.15, -0.1) is 0 Å². The molecule has 3 rings (SSSR count). The van der Waals surface area contributed by atoms with Gasteiger partial charge in [-0.25, -0.2) is 9.78 Å². The molecule has 3 aromatic rings. The highest BCUT2D eigenvalue weighted by Gasteiger charge is 2.09. The fourth-order valence-electron chi connectivity index (χ4n) is 2.30. The van der Waals surface area contributed by atoms with E-state index in [1.54, 1.807) is 37.3 Å². The van der Waals surface area contributed by atoms with Crippen LogP contribution in [0.2, 0.25) is 0 Å². The fraction of sp³-hybridized carbons (Fsp3) is 0.167. The number of carbonyl (C=O) groups excluding carboxylic acids is 2. The number of ether oxygens (including phenoxy) is 1. The molecule has 0 unspecified atom stereocenters. The summed E-state index contributed by atoms with van der Waals surface area (Å²) in [6, 6.07) is 12.0. The number of aromatic nitrogens is 1. The van der Waals surface area contributed by atoms with Crippen molar-refractivity contribution in [3.05, 3.63) is 60.0 Å². The van der Waals surface area contributed by atoms with Gasteiger partial charge in [-0.3, -0.25) is 4.79 Å². The number of esters is 1. The van der Waals surface area contributed by atoms with Gasteiger partial charge in [-0.05, 0) is 48.9 Å². The first-order valence-electron chi connectivity index (χ1n) is 7.55. The van der Waals surface area contributed by atoms with Crippen LogP contribution in [-0.4, -0.2) is 23.5 Å². The van der Waals surface area contributed by atoms with Crippen LogP contribution in [0, 0.1) is 0 Å². The summed E-state index contributed by atoms with van der Waals surface area (Å²) in [5.74, 6) is -0.534. The highest BCUT2D eigenvalue weighted by molar-refractivity contribution is 5.94. The standard InChI is InChI=1S/C18H16N2O4/c1-2-23-18(22)13-4-6-14(7-5-13)20-17(21)10-12-3-8-15-16(9-12)24-11-19-15/h3-9,11H,2,10H2,1H3,(H,20,21). The molecule has 0 spiro atoms. The summed E-state index contributed by atoms with van der Waals surface area (Å²) in [6.07, 6.45) is 1.59. The van der Waals surface area contributed by atoms with Crippen LogP contribution in [0.4, 0.5) is 5.69 Å². The summed E-state index contributed by atoms with van der Waals surface area (Å²) < 4.78 is 10.1. The van der Waals surface area contributed by atoms with Crippen molar-refractivity contribution >= 4 is 28.7 Å². The highest BCUT2D eigenvalue weighted by atomic mass is 16.5. The topological polar surface area (TPSA) is 81.4 Å². The third kappa shape index (κ3) is 3.60. The Morgan fingerprint density at radius 2 is 1.96 bits per heavy atom. The lowest BCUT2D eigenvalue weighted by Crippen LogP contribution is -2.14. The van der Waals surface area contributed by atoms with Crippen LogP contribution in [0.25, 0.3) is 11.1 Å². The molecule has 2 aromatic carbocycles. The van der Waals surface area contributed by atoms with Crippen LogP contribution in [0.1, 0.15) is 22.8 Å². The van der Waals surface area contributed by atoms with E-state index in [0.29, 0.717) is 23.4 Å². The number of benzene rings is 2. The van der Waals surface area contributed by atoms with E-state index in [-0.39, 0.29) is 18.3 Å². The second-order valence-electron chi connectivity index (χ2n) is 5.18. The molecule has 122 valence electrons. The molecule has 1 aromatic heterocycles. The fourth-order valence-corrected chi connectivity index (χ4v) is 2.30. The molecule has 1 heterocycles. The Hall–Kier alpha value is -3.15. The van der Waals surface area contributed by atoms with Gasteiger partial charge in [0.15, 0.2) is 12.0 Å². The van der Waals surface area contributed by atoms with Crippen molar-refractivity contribution in [2.45, 2.75) is 13.3 Å². The number of nitrogens with one attached hydrogen (secondary N) is 1. The van der Waals surface area contributed by atoms with Gasteiger partial charge in [-0.2, -0.15) is 0 Å². The minimum atomic E-state index is -0.379. The van der Waals surface area contributed by atoms with Gasteiger partial charge in [-0.1, -0.05) is 6.07 Å². The van der Waals surface area contributed by atoms with Crippen molar-refractivity contribution < 1.29 is 18.7 Å². The summed E-state index contributed by atoms with van der Waals surface area (Å²) in [5, 5.41) is 2.79. The smallest absolute Gasteiger partial charge is 0.338 e. The summed E-state index contributed by atoms with van der Waals surface area (Å²) >= 11 is 0. The van der Waals surface area contributed by atoms with Crippen molar-refractivity contribution in [2.75, 3.05) is 11.9 Å². The molecule has 1 amide bonds. The zero-order valence-electron chi connectivity index (χ0n) is 13.1. The Morgan fingerprint density at radius 3 is 2.71 bits per heavy atom. The lowest BCUT2D eigenvalue weighted by Gasteiger charge is -2.07. The number of fused-ring (bicyclic) bond motifs is 1. The van der Waals surface area contributed by atoms with E-state index in [1.807, 2.05) is 12.1 Å². The van der Waals surface area contributed by atoms with Crippen molar-refractivity contribution in [1.29, 1.82) is 0 Å². The molecule has 0 atom stereocenters. The summed E-state index contributed by atoms with van der Waals surface area (Å²) in [4.78, 5) is 27.7. The van der Waals surface area contributed by atoms with Crippen LogP contribution in [0.3, 0.4) is 0 Å². The molecular weight excluding hydrogens is 308 g/mol. The van der Waals surface area contributed by atoms with Gasteiger partial charge in [0, 0.05) is 5.69 Å². The molecule has 0 bridgehead atoms. The Balaban J connectivity index is 1.62. The summed E-state index contributed by atoms with van der Waals surface area (Å²) in [5.41, 5.74) is 3.31. The zero-order valence-corrected chi connectivity index (χ0v) is 13.1. The second kappa shape index (κ2) is 6.95. The van der Waals surface area contributed by atoms with Crippen LogP contribution in [0.5, 0.6) is 0 Å². The second-order valence-corrected chi connectivity index (χ2v) is 5.18. The minimum Gasteiger partial charge on any atom is -0.462 e. The van der Waals surface area contributed by atoms with Crippen LogP contribution >= 0.6 is 0 Å². The first kappa shape index (κ1) is 15.7. The average molecular weight is 324 g/mol. The normalized spacial score (nSPS) is 10.5. The Kier molecular flexibility index (Phi) is 4.56. The van der Waals surface area contributed by atoms with Gasteiger partial charge < -0.3 is 14.5 Å². The van der Waals surface area contributed by atoms with Gasteiger partial charge in [0.05, 0.1) is 18.6 Å². The molecule has 0 saturated heterocycles. The number of hydrogen-bond acceptors (Lipinski definition) is 5. The van der Waals surface area contributed by atoms with Gasteiger partial charge in [0.1, 0.15) is 5.52 Å². The number of carbonyl (C=O) groups is 2. The van der Waals surface area contributed by atoms with E-state index < -0.39 is 0 Å². The number of amides is 1. The molecule has 0 aliphatic heterocycles. The van der Waals surface area contributed by atoms with Crippen LogP contribution in [0.15, 0.2) is 53.3 Å². The predicted molar refractivity (Wildman–Crippen MR) is 88.7 cm³/mol. The van der Waals surface area contributed by atoms with E-state index in [4.69, 9.17) is 9.15 Å². The molecule has 0 fully saturated rings. The third-order valence-corrected chi connectivity index (χ3v) is 3.44. The quantitative estimate of drug-likeness (QED) is 0.729. The molecule has 1 N–H and O–H groups in total. The Bertz CT molecular complexity index is 868. The summed E-state index contributed by atoms with van der Waals surface area (Å²) in [6.45, 7) is 2.08. The molecule has 6 heteroatoms. The van der Waals surface area contributed by atoms with E-state index in [0.717, 1.165) is 11.1 Å². The first-order chi connectivity index (χ1) is 11.7. The number of hydrogen-bond donors (Lipinski definition) is 1. The number of nitrogens with zero attached hydrogens (tertiary/aromatic N) is 1. The molecule has 0 radical (unpaired) electrons. The van der Waals surface area contributed by atoms with Gasteiger partial charge >= 0.3 is 5.97 Å². The molecule has 6 nitrogen and oxygen atoms in total. The molecular formula is C18H16N2O4. The van der Waals surface area contributed by atoms with Crippen molar-refractivity contribution in [2.24, 2.45) is 0 Å². The van der Waals surface area contributed by atoms with E-state index in [1.165, 1.54) is 6.39 Å². The lowest BCUT2D eigenvalue weighted by molar-refractivity contribution is -0.115. The minimum absolute atomic E-state index is 0.155. The zero-order chi connectivity index (χ0) is 16.9. The Labute approximate surface area is 138 Å². The monoisotopic (exact) mass is 324 g/mol. The largest absolute Gasteiger partial charge is 0.462 e. The number of rotatable bonds is 5. The van der Waals surface area contributed by atoms with Crippen molar-refractivity contribution in [3.8, 4) is 0 Å².